The zero-order valence-corrected chi connectivity index (χ0v) is 19.7. The van der Waals surface area contributed by atoms with E-state index in [0.29, 0.717) is 33.6 Å². The Labute approximate surface area is 199 Å². The summed E-state index contributed by atoms with van der Waals surface area (Å²) < 4.78 is 25.6. The van der Waals surface area contributed by atoms with Crippen LogP contribution in [0.25, 0.3) is 0 Å². The average Bonchev–Trinajstić information content (AvgIpc) is 3.15. The van der Waals surface area contributed by atoms with E-state index < -0.39 is 17.8 Å². The van der Waals surface area contributed by atoms with E-state index in [-0.39, 0.29) is 18.0 Å². The summed E-state index contributed by atoms with van der Waals surface area (Å²) in [7, 11) is 3.06. The van der Waals surface area contributed by atoms with Gasteiger partial charge < -0.3 is 19.7 Å². The molecule has 2 amide bonds. The van der Waals surface area contributed by atoms with Crippen molar-refractivity contribution < 1.29 is 23.5 Å². The van der Waals surface area contributed by atoms with Crippen LogP contribution in [-0.4, -0.2) is 30.9 Å². The molecule has 6 nitrogen and oxygen atoms in total. The summed E-state index contributed by atoms with van der Waals surface area (Å²) in [4.78, 5) is 27.8. The second-order valence-corrected chi connectivity index (χ2v) is 8.51. The average molecular weight is 513 g/mol. The number of nitrogens with zero attached hydrogens (tertiary/aromatic N) is 1. The zero-order valence-electron chi connectivity index (χ0n) is 18.1. The second-order valence-electron chi connectivity index (χ2n) is 7.60. The molecular weight excluding hydrogens is 491 g/mol. The normalized spacial score (nSPS) is 13.5. The topological polar surface area (TPSA) is 67.9 Å². The van der Waals surface area contributed by atoms with Crippen LogP contribution < -0.4 is 14.8 Å². The molecule has 33 heavy (non-hydrogen) atoms. The highest BCUT2D eigenvalue weighted by molar-refractivity contribution is 9.10. The Bertz CT molecular complexity index is 1220. The van der Waals surface area contributed by atoms with E-state index in [1.165, 1.54) is 26.4 Å². The van der Waals surface area contributed by atoms with Gasteiger partial charge in [0, 0.05) is 16.6 Å². The number of fused-ring (bicyclic) bond motifs is 1. The number of carbonyl (C=O) groups excluding carboxylic acids is 2. The number of ether oxygens (including phenoxy) is 2. The van der Waals surface area contributed by atoms with E-state index in [9.17, 15) is 14.0 Å². The summed E-state index contributed by atoms with van der Waals surface area (Å²) in [6.45, 7) is 0.369. The Morgan fingerprint density at radius 1 is 1.09 bits per heavy atom. The lowest BCUT2D eigenvalue weighted by Crippen LogP contribution is -2.32. The number of rotatable bonds is 7. The molecule has 1 aliphatic rings. The summed E-state index contributed by atoms with van der Waals surface area (Å²) in [5, 5.41) is 2.62. The van der Waals surface area contributed by atoms with Crippen LogP contribution in [0.1, 0.15) is 33.9 Å². The molecule has 0 saturated carbocycles. The molecule has 1 heterocycles. The highest BCUT2D eigenvalue weighted by Crippen LogP contribution is 2.37. The number of methoxy groups -OCH3 is 2. The number of anilines is 1. The first-order valence-corrected chi connectivity index (χ1v) is 11.1. The summed E-state index contributed by atoms with van der Waals surface area (Å²) in [5.74, 6) is -0.0984. The van der Waals surface area contributed by atoms with Gasteiger partial charge in [0.1, 0.15) is 5.82 Å². The molecule has 1 atom stereocenters. The van der Waals surface area contributed by atoms with Crippen molar-refractivity contribution in [2.24, 2.45) is 0 Å². The Balaban J connectivity index is 1.66. The molecule has 0 fully saturated rings. The lowest BCUT2D eigenvalue weighted by Gasteiger charge is -2.28. The van der Waals surface area contributed by atoms with Crippen LogP contribution in [0, 0.1) is 5.82 Å². The molecule has 1 unspecified atom stereocenters. The summed E-state index contributed by atoms with van der Waals surface area (Å²) in [6, 6.07) is 16.5. The van der Waals surface area contributed by atoms with Crippen LogP contribution in [0.2, 0.25) is 0 Å². The fraction of sp³-hybridized carbons (Fsp3) is 0.200. The second kappa shape index (κ2) is 9.62. The lowest BCUT2D eigenvalue weighted by molar-refractivity contribution is -0.117. The Morgan fingerprint density at radius 3 is 2.55 bits per heavy atom. The van der Waals surface area contributed by atoms with Gasteiger partial charge in [0.05, 0.1) is 32.4 Å². The van der Waals surface area contributed by atoms with Crippen LogP contribution in [-0.2, 0) is 11.3 Å². The van der Waals surface area contributed by atoms with Crippen molar-refractivity contribution in [2.75, 3.05) is 19.5 Å². The van der Waals surface area contributed by atoms with Crippen molar-refractivity contribution in [2.45, 2.75) is 19.0 Å². The first kappa shape index (κ1) is 22.8. The van der Waals surface area contributed by atoms with Gasteiger partial charge in [-0.3, -0.25) is 9.59 Å². The molecule has 0 saturated heterocycles. The van der Waals surface area contributed by atoms with Gasteiger partial charge >= 0.3 is 0 Å². The third kappa shape index (κ3) is 4.71. The molecule has 1 aliphatic heterocycles. The molecule has 0 aliphatic carbocycles. The number of hydrogen-bond acceptors (Lipinski definition) is 4. The standard InChI is InChI=1S/C25H22BrFN2O4/c1-32-22-10-7-15(11-23(22)33-2)21(29-14-16-5-3-4-6-18(16)25(29)31)13-24(30)28-20-9-8-17(26)12-19(20)27/h3-12,21H,13-14H2,1-2H3,(H,28,30). The number of benzene rings is 3. The summed E-state index contributed by atoms with van der Waals surface area (Å²) >= 11 is 3.21. The van der Waals surface area contributed by atoms with E-state index in [1.54, 1.807) is 35.2 Å². The van der Waals surface area contributed by atoms with Crippen molar-refractivity contribution in [1.82, 2.24) is 4.90 Å². The maximum atomic E-state index is 14.3. The van der Waals surface area contributed by atoms with E-state index in [1.807, 2.05) is 18.2 Å². The number of nitrogens with one attached hydrogen (secondary N) is 1. The van der Waals surface area contributed by atoms with Crippen LogP contribution >= 0.6 is 15.9 Å². The minimum atomic E-state index is -0.594. The van der Waals surface area contributed by atoms with Crippen molar-refractivity contribution in [3.05, 3.63) is 87.6 Å². The number of halogens is 2. The Hall–Kier alpha value is -3.39. The third-order valence-electron chi connectivity index (χ3n) is 5.60. The molecule has 0 aromatic heterocycles. The van der Waals surface area contributed by atoms with Crippen molar-refractivity contribution in [3.8, 4) is 11.5 Å². The maximum absolute atomic E-state index is 14.3. The van der Waals surface area contributed by atoms with Gasteiger partial charge in [0.2, 0.25) is 5.91 Å². The molecular formula is C25H22BrFN2O4. The summed E-state index contributed by atoms with van der Waals surface area (Å²) in [5.41, 5.74) is 2.29. The van der Waals surface area contributed by atoms with E-state index in [0.717, 1.165) is 5.56 Å². The fourth-order valence-electron chi connectivity index (χ4n) is 3.96. The zero-order chi connectivity index (χ0) is 23.5. The smallest absolute Gasteiger partial charge is 0.255 e. The first-order valence-electron chi connectivity index (χ1n) is 10.3. The number of amides is 2. The molecule has 0 bridgehead atoms. The SMILES string of the molecule is COc1ccc(C(CC(=O)Nc2ccc(Br)cc2F)N2Cc3ccccc3C2=O)cc1OC. The van der Waals surface area contributed by atoms with Gasteiger partial charge in [-0.05, 0) is 47.5 Å². The van der Waals surface area contributed by atoms with Gasteiger partial charge in [-0.15, -0.1) is 0 Å². The number of hydrogen-bond donors (Lipinski definition) is 1. The molecule has 3 aromatic carbocycles. The third-order valence-corrected chi connectivity index (χ3v) is 6.10. The van der Waals surface area contributed by atoms with Gasteiger partial charge in [0.25, 0.3) is 5.91 Å². The van der Waals surface area contributed by atoms with Crippen LogP contribution in [0.5, 0.6) is 11.5 Å². The van der Waals surface area contributed by atoms with E-state index in [4.69, 9.17) is 9.47 Å². The van der Waals surface area contributed by atoms with E-state index >= 15 is 0 Å². The van der Waals surface area contributed by atoms with Crippen molar-refractivity contribution >= 4 is 33.4 Å². The Kier molecular flexibility index (Phi) is 6.65. The molecule has 0 spiro atoms. The van der Waals surface area contributed by atoms with Gasteiger partial charge in [-0.2, -0.15) is 0 Å². The maximum Gasteiger partial charge on any atom is 0.255 e. The minimum absolute atomic E-state index is 0.0648. The van der Waals surface area contributed by atoms with Crippen LogP contribution in [0.15, 0.2) is 65.1 Å². The molecule has 1 N–H and O–H groups in total. The molecule has 0 radical (unpaired) electrons. The highest BCUT2D eigenvalue weighted by Gasteiger charge is 2.35. The van der Waals surface area contributed by atoms with Gasteiger partial charge in [0.15, 0.2) is 11.5 Å². The van der Waals surface area contributed by atoms with Gasteiger partial charge in [-0.25, -0.2) is 4.39 Å². The molecule has 3 aromatic rings. The van der Waals surface area contributed by atoms with Crippen LogP contribution in [0.3, 0.4) is 0 Å². The predicted molar refractivity (Wildman–Crippen MR) is 126 cm³/mol. The van der Waals surface area contributed by atoms with Gasteiger partial charge in [-0.1, -0.05) is 40.2 Å². The van der Waals surface area contributed by atoms with E-state index in [2.05, 4.69) is 21.2 Å². The predicted octanol–water partition coefficient (Wildman–Crippen LogP) is 5.33. The molecule has 4 rings (SSSR count). The molecule has 8 heteroatoms. The Morgan fingerprint density at radius 2 is 1.85 bits per heavy atom. The monoisotopic (exact) mass is 512 g/mol. The largest absolute Gasteiger partial charge is 0.493 e. The first-order chi connectivity index (χ1) is 15.9. The van der Waals surface area contributed by atoms with Crippen molar-refractivity contribution in [1.29, 1.82) is 0 Å². The summed E-state index contributed by atoms with van der Waals surface area (Å²) in [6.07, 6.45) is -0.0648. The quantitative estimate of drug-likeness (QED) is 0.464. The minimum Gasteiger partial charge on any atom is -0.493 e. The lowest BCUT2D eigenvalue weighted by atomic mass is 10.0. The van der Waals surface area contributed by atoms with Crippen LogP contribution in [0.4, 0.5) is 10.1 Å². The fourth-order valence-corrected chi connectivity index (χ4v) is 4.30. The van der Waals surface area contributed by atoms with Crippen molar-refractivity contribution in [3.63, 3.8) is 0 Å². The molecule has 170 valence electrons. The highest BCUT2D eigenvalue weighted by atomic mass is 79.9. The number of carbonyl (C=O) groups is 2.